The predicted octanol–water partition coefficient (Wildman–Crippen LogP) is 0.969. The van der Waals surface area contributed by atoms with Crippen molar-refractivity contribution < 1.29 is 18.8 Å². The molecule has 0 radical (unpaired) electrons. The highest BCUT2D eigenvalue weighted by atomic mass is 79.9. The van der Waals surface area contributed by atoms with Crippen LogP contribution in [-0.4, -0.2) is 17.2 Å². The molecule has 0 saturated carbocycles. The molecule has 2 N–H and O–H groups in total. The third-order valence-corrected chi connectivity index (χ3v) is 2.48. The second-order valence-electron chi connectivity index (χ2n) is 2.78. The highest BCUT2D eigenvalue weighted by molar-refractivity contribution is 9.10. The Morgan fingerprint density at radius 2 is 1.93 bits per heavy atom. The van der Waals surface area contributed by atoms with E-state index in [-0.39, 0.29) is 21.9 Å². The molecule has 2 nitrogen and oxygen atoms in total. The molecule has 0 saturated heterocycles. The Kier molecular flexibility index (Phi) is 3.63. The van der Waals surface area contributed by atoms with Crippen molar-refractivity contribution in [1.82, 2.24) is 0 Å². The van der Waals surface area contributed by atoms with Gasteiger partial charge in [0.2, 0.25) is 0 Å². The summed E-state index contributed by atoms with van der Waals surface area (Å²) in [6.45, 7) is 1.58. The largest absolute Gasteiger partial charge is 0.491 e. The van der Waals surface area contributed by atoms with E-state index in [2.05, 4.69) is 15.9 Å². The van der Waals surface area contributed by atoms with Crippen molar-refractivity contribution in [3.63, 3.8) is 0 Å². The van der Waals surface area contributed by atoms with Gasteiger partial charge in [-0.3, -0.25) is 0 Å². The fourth-order valence-corrected chi connectivity index (χ4v) is 1.66. The minimum atomic E-state index is -1.93. The Bertz CT molecular complexity index is 358. The number of rotatable bonds is 2. The molecule has 6 heteroatoms. The van der Waals surface area contributed by atoms with Crippen molar-refractivity contribution in [2.24, 2.45) is 0 Å². The SMILES string of the molecule is CCc1c(F)c(Br)cc(B(O)O)c1F. The average molecular weight is 265 g/mol. The maximum absolute atomic E-state index is 13.4. The number of hydrogen-bond donors (Lipinski definition) is 2. The van der Waals surface area contributed by atoms with Gasteiger partial charge in [0.15, 0.2) is 0 Å². The van der Waals surface area contributed by atoms with Gasteiger partial charge in [-0.05, 0) is 28.4 Å². The molecule has 14 heavy (non-hydrogen) atoms. The first-order valence-electron chi connectivity index (χ1n) is 4.01. The molecule has 0 unspecified atom stereocenters. The van der Waals surface area contributed by atoms with Gasteiger partial charge in [-0.15, -0.1) is 0 Å². The van der Waals surface area contributed by atoms with E-state index >= 15 is 0 Å². The second kappa shape index (κ2) is 4.38. The van der Waals surface area contributed by atoms with Crippen molar-refractivity contribution in [1.29, 1.82) is 0 Å². The minimum Gasteiger partial charge on any atom is -0.423 e. The highest BCUT2D eigenvalue weighted by Crippen LogP contribution is 2.20. The fourth-order valence-electron chi connectivity index (χ4n) is 1.18. The quantitative estimate of drug-likeness (QED) is 0.617. The molecule has 1 aromatic carbocycles. The van der Waals surface area contributed by atoms with E-state index in [1.165, 1.54) is 0 Å². The molecule has 1 aromatic rings. The summed E-state index contributed by atoms with van der Waals surface area (Å²) in [6.07, 6.45) is 0.150. The zero-order valence-corrected chi connectivity index (χ0v) is 8.98. The van der Waals surface area contributed by atoms with Crippen LogP contribution < -0.4 is 5.46 Å². The van der Waals surface area contributed by atoms with Crippen LogP contribution in [0.25, 0.3) is 0 Å². The smallest absolute Gasteiger partial charge is 0.423 e. The maximum Gasteiger partial charge on any atom is 0.491 e. The van der Waals surface area contributed by atoms with Gasteiger partial charge in [0.1, 0.15) is 11.6 Å². The van der Waals surface area contributed by atoms with Crippen LogP contribution in [0.3, 0.4) is 0 Å². The van der Waals surface area contributed by atoms with Crippen LogP contribution in [0.1, 0.15) is 12.5 Å². The van der Waals surface area contributed by atoms with Crippen molar-refractivity contribution in [2.45, 2.75) is 13.3 Å². The zero-order valence-electron chi connectivity index (χ0n) is 7.39. The average Bonchev–Trinajstić information content (AvgIpc) is 2.12. The van der Waals surface area contributed by atoms with Crippen molar-refractivity contribution >= 4 is 28.5 Å². The van der Waals surface area contributed by atoms with E-state index in [0.717, 1.165) is 6.07 Å². The Morgan fingerprint density at radius 1 is 1.36 bits per heavy atom. The van der Waals surface area contributed by atoms with Crippen molar-refractivity contribution in [3.8, 4) is 0 Å². The lowest BCUT2D eigenvalue weighted by Crippen LogP contribution is -2.34. The number of hydrogen-bond acceptors (Lipinski definition) is 2. The Balaban J connectivity index is 3.42. The zero-order chi connectivity index (χ0) is 10.9. The summed E-state index contributed by atoms with van der Waals surface area (Å²) in [5, 5.41) is 17.6. The van der Waals surface area contributed by atoms with Crippen LogP contribution >= 0.6 is 15.9 Å². The van der Waals surface area contributed by atoms with Crippen molar-refractivity contribution in [3.05, 3.63) is 27.7 Å². The van der Waals surface area contributed by atoms with E-state index in [9.17, 15) is 8.78 Å². The molecule has 0 atom stereocenters. The lowest BCUT2D eigenvalue weighted by atomic mass is 9.78. The van der Waals surface area contributed by atoms with E-state index in [1.54, 1.807) is 6.92 Å². The lowest BCUT2D eigenvalue weighted by molar-refractivity contribution is 0.422. The van der Waals surface area contributed by atoms with E-state index in [4.69, 9.17) is 10.0 Å². The minimum absolute atomic E-state index is 0.0267. The normalized spacial score (nSPS) is 10.4. The van der Waals surface area contributed by atoms with E-state index in [1.807, 2.05) is 0 Å². The Morgan fingerprint density at radius 3 is 2.36 bits per heavy atom. The second-order valence-corrected chi connectivity index (χ2v) is 3.64. The van der Waals surface area contributed by atoms with Gasteiger partial charge in [-0.1, -0.05) is 6.92 Å². The van der Waals surface area contributed by atoms with Crippen LogP contribution in [0.4, 0.5) is 8.78 Å². The molecule has 0 fully saturated rings. The highest BCUT2D eigenvalue weighted by Gasteiger charge is 2.22. The monoisotopic (exact) mass is 264 g/mol. The Hall–Kier alpha value is -0.455. The molecule has 0 aliphatic carbocycles. The van der Waals surface area contributed by atoms with Crippen LogP contribution in [0.15, 0.2) is 10.5 Å². The third kappa shape index (κ3) is 1.97. The summed E-state index contributed by atoms with van der Waals surface area (Å²) >= 11 is 2.88. The van der Waals surface area contributed by atoms with Gasteiger partial charge in [0.05, 0.1) is 4.47 Å². The van der Waals surface area contributed by atoms with Gasteiger partial charge in [-0.25, -0.2) is 8.78 Å². The summed E-state index contributed by atoms with van der Waals surface area (Å²) < 4.78 is 26.7. The molecule has 0 spiro atoms. The van der Waals surface area contributed by atoms with Gasteiger partial charge in [0, 0.05) is 11.0 Å². The molecule has 0 heterocycles. The van der Waals surface area contributed by atoms with Gasteiger partial charge in [0.25, 0.3) is 0 Å². The lowest BCUT2D eigenvalue weighted by Gasteiger charge is -2.09. The molecule has 1 rings (SSSR count). The van der Waals surface area contributed by atoms with Crippen molar-refractivity contribution in [2.75, 3.05) is 0 Å². The number of benzene rings is 1. The first-order chi connectivity index (χ1) is 6.49. The summed E-state index contributed by atoms with van der Waals surface area (Å²) in [4.78, 5) is 0. The molecule has 0 aromatic heterocycles. The summed E-state index contributed by atoms with van der Waals surface area (Å²) in [6, 6.07) is 1.02. The summed E-state index contributed by atoms with van der Waals surface area (Å²) in [5.74, 6) is -1.60. The topological polar surface area (TPSA) is 40.5 Å². The first-order valence-corrected chi connectivity index (χ1v) is 4.80. The molecular weight excluding hydrogens is 257 g/mol. The molecular formula is C8H8BBrF2O2. The standard InChI is InChI=1S/C8H8BBrF2O2/c1-2-4-7(11)5(9(13)14)3-6(10)8(4)12/h3,13-14H,2H2,1H3. The van der Waals surface area contributed by atoms with E-state index < -0.39 is 18.8 Å². The predicted molar refractivity (Wildman–Crippen MR) is 53.3 cm³/mol. The number of halogens is 3. The van der Waals surface area contributed by atoms with Gasteiger partial charge >= 0.3 is 7.12 Å². The van der Waals surface area contributed by atoms with Crippen LogP contribution in [0.2, 0.25) is 0 Å². The maximum atomic E-state index is 13.4. The summed E-state index contributed by atoms with van der Waals surface area (Å²) in [7, 11) is -1.93. The summed E-state index contributed by atoms with van der Waals surface area (Å²) in [5.41, 5.74) is -0.474. The molecule has 0 aliphatic rings. The van der Waals surface area contributed by atoms with Gasteiger partial charge < -0.3 is 10.0 Å². The molecule has 0 amide bonds. The first kappa shape index (κ1) is 11.6. The molecule has 0 bridgehead atoms. The van der Waals surface area contributed by atoms with Gasteiger partial charge in [-0.2, -0.15) is 0 Å². The molecule has 76 valence electrons. The van der Waals surface area contributed by atoms with Crippen LogP contribution in [0, 0.1) is 11.6 Å². The van der Waals surface area contributed by atoms with Crippen LogP contribution in [0.5, 0.6) is 0 Å². The third-order valence-electron chi connectivity index (χ3n) is 1.91. The molecule has 0 aliphatic heterocycles. The van der Waals surface area contributed by atoms with E-state index in [0.29, 0.717) is 0 Å². The van der Waals surface area contributed by atoms with Crippen LogP contribution in [-0.2, 0) is 6.42 Å². The fraction of sp³-hybridized carbons (Fsp3) is 0.250. The Labute approximate surface area is 88.8 Å².